The number of imide groups is 1. The van der Waals surface area contributed by atoms with Crippen molar-refractivity contribution < 1.29 is 28.2 Å². The van der Waals surface area contributed by atoms with Crippen molar-refractivity contribution in [3.8, 4) is 11.5 Å². The molecule has 202 valence electrons. The van der Waals surface area contributed by atoms with Crippen LogP contribution in [0.5, 0.6) is 11.5 Å². The third kappa shape index (κ3) is 4.82. The summed E-state index contributed by atoms with van der Waals surface area (Å²) in [5, 5.41) is 1.22. The Morgan fingerprint density at radius 2 is 1.15 bits per heavy atom. The van der Waals surface area contributed by atoms with Gasteiger partial charge in [-0.05, 0) is 28.8 Å². The van der Waals surface area contributed by atoms with Crippen LogP contribution in [0, 0.1) is 5.82 Å². The fraction of sp³-hybridized carbons (Fsp3) is 0.0882. The van der Waals surface area contributed by atoms with Gasteiger partial charge in [-0.25, -0.2) is 9.29 Å². The number of hydrogen-bond donors (Lipinski definition) is 0. The number of benzene rings is 5. The smallest absolute Gasteiger partial charge is 0.270 e. The van der Waals surface area contributed by atoms with Crippen LogP contribution in [-0.2, 0) is 24.4 Å². The monoisotopic (exact) mass is 545 g/mol. The summed E-state index contributed by atoms with van der Waals surface area (Å²) in [6.45, 7) is 0.329. The minimum Gasteiger partial charge on any atom is -0.487 e. The first kappa shape index (κ1) is 26.0. The number of nitrogens with zero attached hydrogens (tertiary/aromatic N) is 1. The lowest BCUT2D eigenvalue weighted by molar-refractivity contribution is -0.107. The molecule has 1 heterocycles. The molecule has 0 saturated heterocycles. The number of rotatable bonds is 9. The normalized spacial score (nSPS) is 12.5. The van der Waals surface area contributed by atoms with Gasteiger partial charge >= 0.3 is 0 Å². The number of anilines is 1. The van der Waals surface area contributed by atoms with Gasteiger partial charge in [0.15, 0.2) is 0 Å². The fourth-order valence-electron chi connectivity index (χ4n) is 5.02. The third-order valence-electron chi connectivity index (χ3n) is 7.00. The molecule has 0 aliphatic carbocycles. The molecule has 1 aliphatic rings. The number of amides is 2. The van der Waals surface area contributed by atoms with Crippen molar-refractivity contribution in [2.24, 2.45) is 0 Å². The van der Waals surface area contributed by atoms with Gasteiger partial charge in [0.25, 0.3) is 11.8 Å². The second-order valence-electron chi connectivity index (χ2n) is 9.59. The number of carbonyl (C=O) groups excluding carboxylic acids is 3. The lowest BCUT2D eigenvalue weighted by atomic mass is 9.98. The van der Waals surface area contributed by atoms with E-state index in [4.69, 9.17) is 9.47 Å². The highest BCUT2D eigenvalue weighted by Crippen LogP contribution is 2.46. The van der Waals surface area contributed by atoms with Gasteiger partial charge in [0.2, 0.25) is 0 Å². The van der Waals surface area contributed by atoms with Gasteiger partial charge in [-0.3, -0.25) is 9.59 Å². The van der Waals surface area contributed by atoms with Crippen LogP contribution in [-0.4, -0.2) is 18.1 Å². The standard InChI is InChI=1S/C34H24FNO5/c35-28-19-25(16-15-24(28)17-18-37)36-33(38)29-30(34(36)39)32(41-21-23-11-5-2-6-12-23)27-14-8-7-13-26(27)31(29)40-20-22-9-3-1-4-10-22/h1-16,18-19H,17,20-21H2. The minimum atomic E-state index is -0.683. The van der Waals surface area contributed by atoms with E-state index < -0.39 is 17.6 Å². The van der Waals surface area contributed by atoms with E-state index in [9.17, 15) is 18.8 Å². The van der Waals surface area contributed by atoms with Crippen molar-refractivity contribution in [3.05, 3.63) is 137 Å². The van der Waals surface area contributed by atoms with Gasteiger partial charge in [-0.15, -0.1) is 0 Å². The molecule has 0 atom stereocenters. The average Bonchev–Trinajstić information content (AvgIpc) is 3.26. The lowest BCUT2D eigenvalue weighted by Crippen LogP contribution is -2.29. The van der Waals surface area contributed by atoms with Gasteiger partial charge in [-0.2, -0.15) is 0 Å². The number of fused-ring (bicyclic) bond motifs is 2. The number of carbonyl (C=O) groups is 3. The molecule has 5 aromatic rings. The van der Waals surface area contributed by atoms with Crippen LogP contribution >= 0.6 is 0 Å². The average molecular weight is 546 g/mol. The van der Waals surface area contributed by atoms with Crippen molar-refractivity contribution in [1.82, 2.24) is 0 Å². The molecule has 7 heteroatoms. The maximum Gasteiger partial charge on any atom is 0.270 e. The van der Waals surface area contributed by atoms with Crippen LogP contribution in [0.4, 0.5) is 10.1 Å². The van der Waals surface area contributed by atoms with E-state index in [2.05, 4.69) is 0 Å². The van der Waals surface area contributed by atoms with Crippen LogP contribution in [0.25, 0.3) is 10.8 Å². The number of aldehydes is 1. The molecule has 0 fully saturated rings. The molecule has 0 bridgehead atoms. The first-order chi connectivity index (χ1) is 20.1. The quantitative estimate of drug-likeness (QED) is 0.153. The highest BCUT2D eigenvalue weighted by Gasteiger charge is 2.43. The Kier molecular flexibility index (Phi) is 7.00. The first-order valence-electron chi connectivity index (χ1n) is 13.1. The minimum absolute atomic E-state index is 0.0513. The molecule has 0 unspecified atom stereocenters. The molecule has 1 aliphatic heterocycles. The molecule has 0 saturated carbocycles. The molecule has 41 heavy (non-hydrogen) atoms. The van der Waals surface area contributed by atoms with Gasteiger partial charge in [0.05, 0.1) is 16.8 Å². The zero-order chi connectivity index (χ0) is 28.3. The van der Waals surface area contributed by atoms with Crippen LogP contribution in [0.1, 0.15) is 37.4 Å². The predicted molar refractivity (Wildman–Crippen MR) is 153 cm³/mol. The first-order valence-corrected chi connectivity index (χ1v) is 13.1. The molecule has 5 aromatic carbocycles. The molecule has 0 aromatic heterocycles. The van der Waals surface area contributed by atoms with Crippen molar-refractivity contribution in [3.63, 3.8) is 0 Å². The van der Waals surface area contributed by atoms with Crippen molar-refractivity contribution in [1.29, 1.82) is 0 Å². The topological polar surface area (TPSA) is 72.9 Å². The summed E-state index contributed by atoms with van der Waals surface area (Å²) >= 11 is 0. The Morgan fingerprint density at radius 3 is 1.61 bits per heavy atom. The lowest BCUT2D eigenvalue weighted by Gasteiger charge is -2.17. The van der Waals surface area contributed by atoms with Gasteiger partial charge in [0.1, 0.15) is 36.8 Å². The van der Waals surface area contributed by atoms with E-state index >= 15 is 0 Å². The Hall–Kier alpha value is -5.30. The second-order valence-corrected chi connectivity index (χ2v) is 9.59. The summed E-state index contributed by atoms with van der Waals surface area (Å²) in [6.07, 6.45) is 0.479. The van der Waals surface area contributed by atoms with Crippen LogP contribution in [0.2, 0.25) is 0 Å². The van der Waals surface area contributed by atoms with E-state index in [0.29, 0.717) is 17.1 Å². The Bertz CT molecular complexity index is 1680. The number of halogens is 1. The highest BCUT2D eigenvalue weighted by molar-refractivity contribution is 6.38. The zero-order valence-electron chi connectivity index (χ0n) is 21.9. The van der Waals surface area contributed by atoms with E-state index in [1.165, 1.54) is 12.1 Å². The Balaban J connectivity index is 1.51. The summed E-state index contributed by atoms with van der Waals surface area (Å²) in [5.41, 5.74) is 2.11. The number of ether oxygens (including phenoxy) is 2. The Morgan fingerprint density at radius 1 is 0.659 bits per heavy atom. The van der Waals surface area contributed by atoms with E-state index in [1.54, 1.807) is 0 Å². The van der Waals surface area contributed by atoms with Crippen molar-refractivity contribution >= 4 is 34.6 Å². The number of hydrogen-bond acceptors (Lipinski definition) is 5. The molecular formula is C34H24FNO5. The van der Waals surface area contributed by atoms with Gasteiger partial charge in [-0.1, -0.05) is 91.0 Å². The summed E-state index contributed by atoms with van der Waals surface area (Å²) < 4.78 is 27.4. The molecule has 0 spiro atoms. The summed E-state index contributed by atoms with van der Waals surface area (Å²) in [7, 11) is 0. The predicted octanol–water partition coefficient (Wildman–Crippen LogP) is 6.68. The van der Waals surface area contributed by atoms with E-state index in [1.807, 2.05) is 84.9 Å². The fourth-order valence-corrected chi connectivity index (χ4v) is 5.02. The summed E-state index contributed by atoms with van der Waals surface area (Å²) in [5.74, 6) is -1.47. The summed E-state index contributed by atoms with van der Waals surface area (Å²) in [6, 6.07) is 30.2. The van der Waals surface area contributed by atoms with Crippen molar-refractivity contribution in [2.45, 2.75) is 19.6 Å². The largest absolute Gasteiger partial charge is 0.487 e. The van der Waals surface area contributed by atoms with Crippen LogP contribution in [0.15, 0.2) is 103 Å². The zero-order valence-corrected chi connectivity index (χ0v) is 21.9. The van der Waals surface area contributed by atoms with Gasteiger partial charge < -0.3 is 14.3 Å². The SMILES string of the molecule is O=CCc1ccc(N2C(=O)c3c(c(OCc4ccccc4)c4ccccc4c3OCc3ccccc3)C2=O)cc1F. The summed E-state index contributed by atoms with van der Waals surface area (Å²) in [4.78, 5) is 39.9. The van der Waals surface area contributed by atoms with E-state index in [-0.39, 0.29) is 53.5 Å². The molecular weight excluding hydrogens is 521 g/mol. The highest BCUT2D eigenvalue weighted by atomic mass is 19.1. The molecule has 0 N–H and O–H groups in total. The third-order valence-corrected chi connectivity index (χ3v) is 7.00. The molecule has 6 nitrogen and oxygen atoms in total. The maximum atomic E-state index is 14.8. The van der Waals surface area contributed by atoms with Gasteiger partial charge in [0, 0.05) is 17.2 Å². The molecule has 0 radical (unpaired) electrons. The molecule has 6 rings (SSSR count). The second kappa shape index (κ2) is 11.1. The maximum absolute atomic E-state index is 14.8. The molecule has 2 amide bonds. The van der Waals surface area contributed by atoms with E-state index in [0.717, 1.165) is 22.1 Å². The van der Waals surface area contributed by atoms with Crippen LogP contribution in [0.3, 0.4) is 0 Å². The Labute approximate surface area is 235 Å². The van der Waals surface area contributed by atoms with Crippen LogP contribution < -0.4 is 14.4 Å². The van der Waals surface area contributed by atoms with Crippen molar-refractivity contribution in [2.75, 3.05) is 4.90 Å².